The Bertz CT molecular complexity index is 767. The molecule has 1 fully saturated rings. The Morgan fingerprint density at radius 1 is 1.16 bits per heavy atom. The molecule has 0 spiro atoms. The van der Waals surface area contributed by atoms with Crippen LogP contribution in [-0.4, -0.2) is 61.2 Å². The fraction of sp³-hybridized carbons (Fsp3) is 0.450. The standard InChI is InChI=1S/C20H25ClN2O2/c1-22(2)13-20(14-24)9-11-23(12-10-20)19(25)17-7-3-6-16-15(17)5-4-8-18(16)21/h3-8,24H,9-14H2,1-2H3. The number of nitrogens with zero attached hydrogens (tertiary/aromatic N) is 2. The lowest BCUT2D eigenvalue weighted by atomic mass is 9.78. The Hall–Kier alpha value is -1.62. The number of likely N-dealkylation sites (tertiary alicyclic amines) is 1. The Labute approximate surface area is 154 Å². The molecule has 1 aliphatic heterocycles. The monoisotopic (exact) mass is 360 g/mol. The summed E-state index contributed by atoms with van der Waals surface area (Å²) in [5, 5.41) is 12.3. The number of rotatable bonds is 4. The maximum atomic E-state index is 13.1. The molecule has 1 aliphatic rings. The third-order valence-corrected chi connectivity index (χ3v) is 5.53. The van der Waals surface area contributed by atoms with Crippen molar-refractivity contribution in [1.29, 1.82) is 0 Å². The summed E-state index contributed by atoms with van der Waals surface area (Å²) in [6.07, 6.45) is 1.64. The van der Waals surface area contributed by atoms with Crippen molar-refractivity contribution in [1.82, 2.24) is 9.80 Å². The molecular weight excluding hydrogens is 336 g/mol. The van der Waals surface area contributed by atoms with E-state index in [0.717, 1.165) is 30.2 Å². The van der Waals surface area contributed by atoms with Gasteiger partial charge in [0, 0.05) is 41.0 Å². The summed E-state index contributed by atoms with van der Waals surface area (Å²) in [5.41, 5.74) is 0.589. The number of fused-ring (bicyclic) bond motifs is 1. The summed E-state index contributed by atoms with van der Waals surface area (Å²) in [5.74, 6) is 0.0456. The molecule has 1 amide bonds. The SMILES string of the molecule is CN(C)CC1(CO)CCN(C(=O)c2cccc3c(Cl)cccc23)CC1. The van der Waals surface area contributed by atoms with Gasteiger partial charge in [0.05, 0.1) is 6.61 Å². The minimum absolute atomic E-state index is 0.0456. The summed E-state index contributed by atoms with van der Waals surface area (Å²) in [4.78, 5) is 17.1. The maximum absolute atomic E-state index is 13.1. The van der Waals surface area contributed by atoms with Crippen molar-refractivity contribution in [3.05, 3.63) is 47.0 Å². The smallest absolute Gasteiger partial charge is 0.254 e. The third kappa shape index (κ3) is 3.66. The van der Waals surface area contributed by atoms with E-state index in [2.05, 4.69) is 4.90 Å². The van der Waals surface area contributed by atoms with E-state index in [-0.39, 0.29) is 17.9 Å². The van der Waals surface area contributed by atoms with E-state index in [9.17, 15) is 9.90 Å². The van der Waals surface area contributed by atoms with Gasteiger partial charge < -0.3 is 14.9 Å². The zero-order valence-corrected chi connectivity index (χ0v) is 15.6. The van der Waals surface area contributed by atoms with Gasteiger partial charge in [0.2, 0.25) is 0 Å². The van der Waals surface area contributed by atoms with Crippen LogP contribution in [0.2, 0.25) is 5.02 Å². The van der Waals surface area contributed by atoms with Crippen LogP contribution in [0, 0.1) is 5.41 Å². The number of piperidine rings is 1. The van der Waals surface area contributed by atoms with E-state index in [0.29, 0.717) is 23.7 Å². The molecule has 0 radical (unpaired) electrons. The van der Waals surface area contributed by atoms with Crippen LogP contribution in [0.5, 0.6) is 0 Å². The fourth-order valence-corrected chi connectivity index (χ4v) is 4.09. The van der Waals surface area contributed by atoms with Crippen LogP contribution in [0.25, 0.3) is 10.8 Å². The molecular formula is C20H25ClN2O2. The van der Waals surface area contributed by atoms with E-state index in [1.165, 1.54) is 0 Å². The Kier molecular flexibility index (Phi) is 5.32. The first-order valence-electron chi connectivity index (χ1n) is 8.68. The van der Waals surface area contributed by atoms with Gasteiger partial charge in [-0.2, -0.15) is 0 Å². The second-order valence-electron chi connectivity index (χ2n) is 7.33. The lowest BCUT2D eigenvalue weighted by Crippen LogP contribution is -2.48. The van der Waals surface area contributed by atoms with E-state index in [1.54, 1.807) is 0 Å². The molecule has 3 rings (SSSR count). The lowest BCUT2D eigenvalue weighted by Gasteiger charge is -2.42. The van der Waals surface area contributed by atoms with Crippen molar-refractivity contribution in [2.24, 2.45) is 5.41 Å². The minimum Gasteiger partial charge on any atom is -0.396 e. The molecule has 0 saturated carbocycles. The zero-order valence-electron chi connectivity index (χ0n) is 14.8. The van der Waals surface area contributed by atoms with Gasteiger partial charge >= 0.3 is 0 Å². The van der Waals surface area contributed by atoms with E-state index in [4.69, 9.17) is 11.6 Å². The van der Waals surface area contributed by atoms with Gasteiger partial charge in [0.25, 0.3) is 5.91 Å². The van der Waals surface area contributed by atoms with Crippen LogP contribution in [-0.2, 0) is 0 Å². The van der Waals surface area contributed by atoms with Crippen molar-refractivity contribution in [3.63, 3.8) is 0 Å². The summed E-state index contributed by atoms with van der Waals surface area (Å²) in [6.45, 7) is 2.35. The van der Waals surface area contributed by atoms with Crippen LogP contribution in [0.4, 0.5) is 0 Å². The molecule has 0 atom stereocenters. The molecule has 5 heteroatoms. The molecule has 0 aliphatic carbocycles. The van der Waals surface area contributed by atoms with E-state index < -0.39 is 0 Å². The van der Waals surface area contributed by atoms with E-state index >= 15 is 0 Å². The highest BCUT2D eigenvalue weighted by molar-refractivity contribution is 6.36. The second-order valence-corrected chi connectivity index (χ2v) is 7.74. The molecule has 2 aromatic carbocycles. The molecule has 1 saturated heterocycles. The molecule has 134 valence electrons. The minimum atomic E-state index is -0.109. The van der Waals surface area contributed by atoms with Crippen LogP contribution in [0.15, 0.2) is 36.4 Å². The second kappa shape index (κ2) is 7.32. The van der Waals surface area contributed by atoms with Crippen molar-refractivity contribution >= 4 is 28.3 Å². The molecule has 0 unspecified atom stereocenters. The number of aliphatic hydroxyl groups is 1. The van der Waals surface area contributed by atoms with Crippen molar-refractivity contribution in [3.8, 4) is 0 Å². The summed E-state index contributed by atoms with van der Waals surface area (Å²) < 4.78 is 0. The van der Waals surface area contributed by atoms with Crippen LogP contribution in [0.1, 0.15) is 23.2 Å². The molecule has 1 N–H and O–H groups in total. The summed E-state index contributed by atoms with van der Waals surface area (Å²) in [7, 11) is 4.05. The van der Waals surface area contributed by atoms with Crippen molar-refractivity contribution in [2.45, 2.75) is 12.8 Å². The Balaban J connectivity index is 1.81. The molecule has 4 nitrogen and oxygen atoms in total. The van der Waals surface area contributed by atoms with Crippen molar-refractivity contribution < 1.29 is 9.90 Å². The molecule has 0 aromatic heterocycles. The highest BCUT2D eigenvalue weighted by atomic mass is 35.5. The topological polar surface area (TPSA) is 43.8 Å². The van der Waals surface area contributed by atoms with Gasteiger partial charge in [-0.1, -0.05) is 35.9 Å². The fourth-order valence-electron chi connectivity index (χ4n) is 3.85. The number of hydrogen-bond acceptors (Lipinski definition) is 3. The number of hydrogen-bond donors (Lipinski definition) is 1. The van der Waals surface area contributed by atoms with E-state index in [1.807, 2.05) is 55.4 Å². The predicted octanol–water partition coefficient (Wildman–Crippen LogP) is 3.27. The summed E-state index contributed by atoms with van der Waals surface area (Å²) in [6, 6.07) is 11.4. The van der Waals surface area contributed by atoms with Gasteiger partial charge in [-0.25, -0.2) is 0 Å². The number of aliphatic hydroxyl groups excluding tert-OH is 1. The maximum Gasteiger partial charge on any atom is 0.254 e. The first-order valence-corrected chi connectivity index (χ1v) is 9.06. The van der Waals surface area contributed by atoms with Gasteiger partial charge in [-0.3, -0.25) is 4.79 Å². The number of halogens is 1. The van der Waals surface area contributed by atoms with Crippen molar-refractivity contribution in [2.75, 3.05) is 40.3 Å². The van der Waals surface area contributed by atoms with Crippen LogP contribution >= 0.6 is 11.6 Å². The quantitative estimate of drug-likeness (QED) is 0.910. The number of carbonyl (C=O) groups excluding carboxylic acids is 1. The average Bonchev–Trinajstić information content (AvgIpc) is 2.61. The van der Waals surface area contributed by atoms with Gasteiger partial charge in [-0.05, 0) is 44.5 Å². The largest absolute Gasteiger partial charge is 0.396 e. The van der Waals surface area contributed by atoms with Crippen LogP contribution in [0.3, 0.4) is 0 Å². The summed E-state index contributed by atoms with van der Waals surface area (Å²) >= 11 is 6.27. The zero-order chi connectivity index (χ0) is 18.0. The van der Waals surface area contributed by atoms with Gasteiger partial charge in [-0.15, -0.1) is 0 Å². The number of amides is 1. The molecule has 1 heterocycles. The molecule has 25 heavy (non-hydrogen) atoms. The normalized spacial score (nSPS) is 17.2. The highest BCUT2D eigenvalue weighted by Crippen LogP contribution is 2.33. The molecule has 0 bridgehead atoms. The predicted molar refractivity (Wildman–Crippen MR) is 102 cm³/mol. The number of carbonyl (C=O) groups is 1. The average molecular weight is 361 g/mol. The number of benzene rings is 2. The Morgan fingerprint density at radius 2 is 1.80 bits per heavy atom. The van der Waals surface area contributed by atoms with Gasteiger partial charge in [0.15, 0.2) is 0 Å². The lowest BCUT2D eigenvalue weighted by molar-refractivity contribution is 0.0223. The third-order valence-electron chi connectivity index (χ3n) is 5.20. The first kappa shape index (κ1) is 18.2. The molecule has 2 aromatic rings. The van der Waals surface area contributed by atoms with Gasteiger partial charge in [0.1, 0.15) is 0 Å². The Morgan fingerprint density at radius 3 is 2.44 bits per heavy atom. The first-order chi connectivity index (χ1) is 12.0. The highest BCUT2D eigenvalue weighted by Gasteiger charge is 2.36. The van der Waals surface area contributed by atoms with Crippen LogP contribution < -0.4 is 0 Å².